The highest BCUT2D eigenvalue weighted by atomic mass is 35.5. The summed E-state index contributed by atoms with van der Waals surface area (Å²) in [7, 11) is 2.01. The van der Waals surface area contributed by atoms with Crippen LogP contribution in [0.25, 0.3) is 0 Å². The van der Waals surface area contributed by atoms with Gasteiger partial charge in [-0.2, -0.15) is 0 Å². The van der Waals surface area contributed by atoms with Gasteiger partial charge in [0.25, 0.3) is 0 Å². The summed E-state index contributed by atoms with van der Waals surface area (Å²) < 4.78 is 0. The minimum absolute atomic E-state index is 0.301. The Kier molecular flexibility index (Phi) is 4.90. The number of hydrogen-bond acceptors (Lipinski definition) is 4. The summed E-state index contributed by atoms with van der Waals surface area (Å²) in [5, 5.41) is 0. The SMILES string of the molecule is CC(C)c1ncc(N(C)Cc2cccnc2)c(CCl)n1. The van der Waals surface area contributed by atoms with Gasteiger partial charge in [-0.1, -0.05) is 19.9 Å². The van der Waals surface area contributed by atoms with Gasteiger partial charge in [0.05, 0.1) is 23.5 Å². The molecule has 0 aromatic carbocycles. The minimum atomic E-state index is 0.301. The molecule has 5 heteroatoms. The number of halogens is 1. The van der Waals surface area contributed by atoms with Crippen molar-refractivity contribution in [2.24, 2.45) is 0 Å². The van der Waals surface area contributed by atoms with Crippen molar-refractivity contribution in [3.63, 3.8) is 0 Å². The molecule has 0 radical (unpaired) electrons. The summed E-state index contributed by atoms with van der Waals surface area (Å²) in [4.78, 5) is 15.2. The molecule has 0 aliphatic rings. The zero-order chi connectivity index (χ0) is 14.5. The number of hydrogen-bond donors (Lipinski definition) is 0. The van der Waals surface area contributed by atoms with Gasteiger partial charge >= 0.3 is 0 Å². The molecule has 106 valence electrons. The van der Waals surface area contributed by atoms with Crippen LogP contribution in [0.1, 0.15) is 36.8 Å². The first kappa shape index (κ1) is 14.7. The Bertz CT molecular complexity index is 557. The highest BCUT2D eigenvalue weighted by Gasteiger charge is 2.12. The first-order valence-electron chi connectivity index (χ1n) is 6.63. The lowest BCUT2D eigenvalue weighted by atomic mass is 10.2. The Morgan fingerprint density at radius 3 is 2.70 bits per heavy atom. The molecule has 2 aromatic rings. The van der Waals surface area contributed by atoms with E-state index in [2.05, 4.69) is 33.7 Å². The van der Waals surface area contributed by atoms with Gasteiger partial charge in [-0.3, -0.25) is 4.98 Å². The van der Waals surface area contributed by atoms with E-state index in [0.717, 1.165) is 29.3 Å². The van der Waals surface area contributed by atoms with Crippen LogP contribution in [-0.4, -0.2) is 22.0 Å². The zero-order valence-electron chi connectivity index (χ0n) is 12.0. The van der Waals surface area contributed by atoms with Crippen LogP contribution in [0.5, 0.6) is 0 Å². The van der Waals surface area contributed by atoms with E-state index in [9.17, 15) is 0 Å². The molecule has 0 saturated heterocycles. The van der Waals surface area contributed by atoms with E-state index >= 15 is 0 Å². The first-order valence-corrected chi connectivity index (χ1v) is 7.17. The molecule has 0 amide bonds. The molecule has 0 spiro atoms. The molecule has 2 aromatic heterocycles. The van der Waals surface area contributed by atoms with Gasteiger partial charge in [0.1, 0.15) is 5.82 Å². The van der Waals surface area contributed by atoms with E-state index in [1.165, 1.54) is 0 Å². The predicted octanol–water partition coefficient (Wildman–Crippen LogP) is 3.37. The number of aromatic nitrogens is 3. The number of anilines is 1. The lowest BCUT2D eigenvalue weighted by Crippen LogP contribution is -2.19. The quantitative estimate of drug-likeness (QED) is 0.792. The summed E-state index contributed by atoms with van der Waals surface area (Å²) in [5.41, 5.74) is 2.98. The normalized spacial score (nSPS) is 10.8. The fourth-order valence-electron chi connectivity index (χ4n) is 1.97. The topological polar surface area (TPSA) is 41.9 Å². The molecule has 0 atom stereocenters. The average molecular weight is 291 g/mol. The van der Waals surface area contributed by atoms with Crippen LogP contribution in [0.4, 0.5) is 5.69 Å². The van der Waals surface area contributed by atoms with Crippen molar-refractivity contribution in [1.29, 1.82) is 0 Å². The van der Waals surface area contributed by atoms with E-state index < -0.39 is 0 Å². The minimum Gasteiger partial charge on any atom is -0.367 e. The Balaban J connectivity index is 2.23. The molecule has 0 aliphatic heterocycles. The number of pyridine rings is 1. The van der Waals surface area contributed by atoms with Gasteiger partial charge in [0.15, 0.2) is 0 Å². The van der Waals surface area contributed by atoms with E-state index in [1.54, 1.807) is 6.20 Å². The third kappa shape index (κ3) is 3.45. The molecular weight excluding hydrogens is 272 g/mol. The van der Waals surface area contributed by atoms with Crippen LogP contribution < -0.4 is 4.90 Å². The first-order chi connectivity index (χ1) is 9.61. The lowest BCUT2D eigenvalue weighted by Gasteiger charge is -2.21. The van der Waals surface area contributed by atoms with E-state index in [1.807, 2.05) is 31.6 Å². The van der Waals surface area contributed by atoms with Crippen molar-refractivity contribution in [3.8, 4) is 0 Å². The number of nitrogens with zero attached hydrogens (tertiary/aromatic N) is 4. The van der Waals surface area contributed by atoms with E-state index in [-0.39, 0.29) is 0 Å². The van der Waals surface area contributed by atoms with Crippen LogP contribution in [0.3, 0.4) is 0 Å². The predicted molar refractivity (Wildman–Crippen MR) is 82.0 cm³/mol. The molecule has 4 nitrogen and oxygen atoms in total. The van der Waals surface area contributed by atoms with Gasteiger partial charge < -0.3 is 4.90 Å². The van der Waals surface area contributed by atoms with E-state index in [0.29, 0.717) is 11.8 Å². The molecular formula is C15H19ClN4. The second-order valence-electron chi connectivity index (χ2n) is 5.07. The smallest absolute Gasteiger partial charge is 0.131 e. The van der Waals surface area contributed by atoms with Crippen LogP contribution in [0.15, 0.2) is 30.7 Å². The Morgan fingerprint density at radius 1 is 1.30 bits per heavy atom. The average Bonchev–Trinajstić information content (AvgIpc) is 2.47. The fourth-order valence-corrected chi connectivity index (χ4v) is 2.17. The highest BCUT2D eigenvalue weighted by Crippen LogP contribution is 2.22. The molecule has 0 saturated carbocycles. The van der Waals surface area contributed by atoms with Crippen LogP contribution in [0.2, 0.25) is 0 Å². The summed E-state index contributed by atoms with van der Waals surface area (Å²) >= 11 is 6.03. The molecule has 0 bridgehead atoms. The largest absolute Gasteiger partial charge is 0.367 e. The third-order valence-corrected chi connectivity index (χ3v) is 3.31. The van der Waals surface area contributed by atoms with Crippen LogP contribution in [0, 0.1) is 0 Å². The molecule has 0 fully saturated rings. The van der Waals surface area contributed by atoms with Gasteiger partial charge in [0.2, 0.25) is 0 Å². The number of rotatable bonds is 5. The molecule has 0 aliphatic carbocycles. The summed E-state index contributed by atoms with van der Waals surface area (Å²) in [6.45, 7) is 4.90. The lowest BCUT2D eigenvalue weighted by molar-refractivity contribution is 0.758. The van der Waals surface area contributed by atoms with Gasteiger partial charge in [-0.25, -0.2) is 9.97 Å². The van der Waals surface area contributed by atoms with E-state index in [4.69, 9.17) is 11.6 Å². The summed E-state index contributed by atoms with van der Waals surface area (Å²) in [5.74, 6) is 1.52. The second-order valence-corrected chi connectivity index (χ2v) is 5.33. The standard InChI is InChI=1S/C15H19ClN4/c1-11(2)15-18-9-14(13(7-16)19-15)20(3)10-12-5-4-6-17-8-12/h4-6,8-9,11H,7,10H2,1-3H3. The number of alkyl halides is 1. The van der Waals surface area contributed by atoms with Gasteiger partial charge in [-0.15, -0.1) is 11.6 Å². The maximum atomic E-state index is 6.03. The monoisotopic (exact) mass is 290 g/mol. The van der Waals surface area contributed by atoms with Crippen LogP contribution >= 0.6 is 11.6 Å². The van der Waals surface area contributed by atoms with Gasteiger partial charge in [-0.05, 0) is 11.6 Å². The maximum absolute atomic E-state index is 6.03. The Morgan fingerprint density at radius 2 is 2.10 bits per heavy atom. The maximum Gasteiger partial charge on any atom is 0.131 e. The van der Waals surface area contributed by atoms with Crippen molar-refractivity contribution >= 4 is 17.3 Å². The summed E-state index contributed by atoms with van der Waals surface area (Å²) in [6.07, 6.45) is 5.49. The second kappa shape index (κ2) is 6.66. The Labute approximate surface area is 124 Å². The third-order valence-electron chi connectivity index (χ3n) is 3.06. The van der Waals surface area contributed by atoms with Crippen molar-refractivity contribution in [3.05, 3.63) is 47.8 Å². The molecule has 0 unspecified atom stereocenters. The van der Waals surface area contributed by atoms with Crippen molar-refractivity contribution in [2.75, 3.05) is 11.9 Å². The van der Waals surface area contributed by atoms with Gasteiger partial charge in [0, 0.05) is 31.9 Å². The highest BCUT2D eigenvalue weighted by molar-refractivity contribution is 6.17. The Hall–Kier alpha value is -1.68. The summed E-state index contributed by atoms with van der Waals surface area (Å²) in [6, 6.07) is 3.98. The molecule has 20 heavy (non-hydrogen) atoms. The van der Waals surface area contributed by atoms with Crippen LogP contribution in [-0.2, 0) is 12.4 Å². The van der Waals surface area contributed by atoms with Crippen molar-refractivity contribution in [2.45, 2.75) is 32.2 Å². The van der Waals surface area contributed by atoms with Crippen molar-refractivity contribution in [1.82, 2.24) is 15.0 Å². The fraction of sp³-hybridized carbons (Fsp3) is 0.400. The van der Waals surface area contributed by atoms with Crippen molar-refractivity contribution < 1.29 is 0 Å². The molecule has 2 rings (SSSR count). The molecule has 0 N–H and O–H groups in total. The zero-order valence-corrected chi connectivity index (χ0v) is 12.8. The molecule has 2 heterocycles.